The van der Waals surface area contributed by atoms with E-state index in [-0.39, 0.29) is 6.54 Å². The molecule has 110 valence electrons. The van der Waals surface area contributed by atoms with E-state index >= 15 is 0 Å². The first-order valence-electron chi connectivity index (χ1n) is 6.74. The van der Waals surface area contributed by atoms with Crippen molar-refractivity contribution in [2.24, 2.45) is 0 Å². The molecule has 0 saturated carbocycles. The van der Waals surface area contributed by atoms with Crippen LogP contribution in [0.3, 0.4) is 0 Å². The van der Waals surface area contributed by atoms with Crippen molar-refractivity contribution < 1.29 is 9.90 Å². The topological polar surface area (TPSA) is 40.5 Å². The van der Waals surface area contributed by atoms with Gasteiger partial charge in [-0.2, -0.15) is 0 Å². The number of hydrogen-bond donors (Lipinski definition) is 1. The molecule has 0 aliphatic heterocycles. The van der Waals surface area contributed by atoms with Gasteiger partial charge >= 0.3 is 5.97 Å². The summed E-state index contributed by atoms with van der Waals surface area (Å²) in [6.07, 6.45) is 0. The van der Waals surface area contributed by atoms with Crippen LogP contribution >= 0.6 is 11.6 Å². The largest absolute Gasteiger partial charge is 0.480 e. The molecule has 0 aliphatic rings. The van der Waals surface area contributed by atoms with Gasteiger partial charge in [-0.05, 0) is 43.2 Å². The molecule has 2 aromatic carbocycles. The molecule has 0 unspecified atom stereocenters. The van der Waals surface area contributed by atoms with Crippen LogP contribution in [0.1, 0.15) is 16.7 Å². The number of aliphatic carboxylic acids is 1. The Labute approximate surface area is 129 Å². The van der Waals surface area contributed by atoms with Gasteiger partial charge in [0, 0.05) is 17.3 Å². The predicted octanol–water partition coefficient (Wildman–Crippen LogP) is 4.05. The lowest BCUT2D eigenvalue weighted by Crippen LogP contribution is -2.29. The summed E-state index contributed by atoms with van der Waals surface area (Å²) in [6, 6.07) is 13.6. The van der Waals surface area contributed by atoms with Gasteiger partial charge < -0.3 is 10.0 Å². The Hall–Kier alpha value is -2.00. The van der Waals surface area contributed by atoms with E-state index in [1.807, 2.05) is 56.3 Å². The van der Waals surface area contributed by atoms with Gasteiger partial charge in [-0.25, -0.2) is 0 Å². The lowest BCUT2D eigenvalue weighted by molar-refractivity contribution is -0.135. The third kappa shape index (κ3) is 4.23. The summed E-state index contributed by atoms with van der Waals surface area (Å²) in [7, 11) is 0. The van der Waals surface area contributed by atoms with E-state index in [1.54, 1.807) is 4.90 Å². The van der Waals surface area contributed by atoms with Gasteiger partial charge in [-0.1, -0.05) is 41.4 Å². The molecule has 21 heavy (non-hydrogen) atoms. The highest BCUT2D eigenvalue weighted by atomic mass is 35.5. The lowest BCUT2D eigenvalue weighted by Gasteiger charge is -2.23. The molecule has 0 heterocycles. The quantitative estimate of drug-likeness (QED) is 0.906. The Morgan fingerprint density at radius 1 is 1.10 bits per heavy atom. The summed E-state index contributed by atoms with van der Waals surface area (Å²) in [5.74, 6) is -0.862. The van der Waals surface area contributed by atoms with Gasteiger partial charge in [0.2, 0.25) is 0 Å². The summed E-state index contributed by atoms with van der Waals surface area (Å²) < 4.78 is 0. The maximum Gasteiger partial charge on any atom is 0.323 e. The van der Waals surface area contributed by atoms with E-state index < -0.39 is 5.97 Å². The van der Waals surface area contributed by atoms with E-state index in [1.165, 1.54) is 0 Å². The molecule has 0 radical (unpaired) electrons. The zero-order valence-electron chi connectivity index (χ0n) is 12.1. The normalized spacial score (nSPS) is 10.4. The van der Waals surface area contributed by atoms with Crippen LogP contribution in [0.25, 0.3) is 0 Å². The molecular weight excluding hydrogens is 286 g/mol. The minimum atomic E-state index is -0.862. The number of hydrogen-bond acceptors (Lipinski definition) is 2. The summed E-state index contributed by atoms with van der Waals surface area (Å²) in [4.78, 5) is 12.9. The molecule has 3 nitrogen and oxygen atoms in total. The van der Waals surface area contributed by atoms with Crippen LogP contribution in [-0.4, -0.2) is 17.6 Å². The summed E-state index contributed by atoms with van der Waals surface area (Å²) in [6.45, 7) is 4.38. The average molecular weight is 304 g/mol. The number of anilines is 1. The van der Waals surface area contributed by atoms with Crippen molar-refractivity contribution in [1.29, 1.82) is 0 Å². The first-order chi connectivity index (χ1) is 9.95. The van der Waals surface area contributed by atoms with Crippen molar-refractivity contribution >= 4 is 23.3 Å². The third-order valence-corrected chi connectivity index (χ3v) is 3.65. The van der Waals surface area contributed by atoms with E-state index in [0.29, 0.717) is 11.6 Å². The van der Waals surface area contributed by atoms with Crippen LogP contribution in [0.4, 0.5) is 5.69 Å². The van der Waals surface area contributed by atoms with Crippen molar-refractivity contribution in [2.45, 2.75) is 20.4 Å². The first-order valence-corrected chi connectivity index (χ1v) is 7.12. The zero-order valence-corrected chi connectivity index (χ0v) is 12.9. The molecule has 0 saturated heterocycles. The second kappa shape index (κ2) is 6.64. The molecule has 0 fully saturated rings. The molecule has 4 heteroatoms. The lowest BCUT2D eigenvalue weighted by atomic mass is 10.1. The van der Waals surface area contributed by atoms with E-state index in [9.17, 15) is 4.79 Å². The standard InChI is InChI=1S/C17H18ClNO2/c1-12-4-7-15(8-5-12)19(11-17(20)21)10-14-6-3-13(2)9-16(14)18/h3-9H,10-11H2,1-2H3,(H,20,21). The van der Waals surface area contributed by atoms with Crippen LogP contribution in [-0.2, 0) is 11.3 Å². The van der Waals surface area contributed by atoms with Crippen LogP contribution in [0, 0.1) is 13.8 Å². The van der Waals surface area contributed by atoms with Gasteiger partial charge in [0.05, 0.1) is 0 Å². The molecular formula is C17H18ClNO2. The van der Waals surface area contributed by atoms with Gasteiger partial charge in [-0.15, -0.1) is 0 Å². The average Bonchev–Trinajstić information content (AvgIpc) is 2.41. The van der Waals surface area contributed by atoms with Gasteiger partial charge in [0.15, 0.2) is 0 Å². The number of rotatable bonds is 5. The maximum absolute atomic E-state index is 11.1. The number of benzene rings is 2. The van der Waals surface area contributed by atoms with Crippen molar-refractivity contribution in [1.82, 2.24) is 0 Å². The molecule has 2 aromatic rings. The van der Waals surface area contributed by atoms with Crippen LogP contribution in [0.5, 0.6) is 0 Å². The number of halogens is 1. The van der Waals surface area contributed by atoms with Gasteiger partial charge in [0.1, 0.15) is 6.54 Å². The van der Waals surface area contributed by atoms with Gasteiger partial charge in [0.25, 0.3) is 0 Å². The summed E-state index contributed by atoms with van der Waals surface area (Å²) >= 11 is 6.25. The van der Waals surface area contributed by atoms with Crippen molar-refractivity contribution in [2.75, 3.05) is 11.4 Å². The second-order valence-corrected chi connectivity index (χ2v) is 5.59. The molecule has 0 aliphatic carbocycles. The fraction of sp³-hybridized carbons (Fsp3) is 0.235. The third-order valence-electron chi connectivity index (χ3n) is 3.30. The Bertz CT molecular complexity index is 638. The molecule has 0 spiro atoms. The maximum atomic E-state index is 11.1. The SMILES string of the molecule is Cc1ccc(N(CC(=O)O)Cc2ccc(C)cc2Cl)cc1. The molecule has 1 N–H and O–H groups in total. The molecule has 0 atom stereocenters. The molecule has 0 amide bonds. The predicted molar refractivity (Wildman–Crippen MR) is 86.1 cm³/mol. The van der Waals surface area contributed by atoms with E-state index in [4.69, 9.17) is 16.7 Å². The number of aryl methyl sites for hydroxylation is 2. The smallest absolute Gasteiger partial charge is 0.323 e. The number of nitrogens with zero attached hydrogens (tertiary/aromatic N) is 1. The number of carbonyl (C=O) groups is 1. The summed E-state index contributed by atoms with van der Waals surface area (Å²) in [5, 5.41) is 9.78. The highest BCUT2D eigenvalue weighted by Gasteiger charge is 2.13. The number of carboxylic acid groups (broad SMARTS) is 1. The minimum absolute atomic E-state index is 0.0622. The Balaban J connectivity index is 2.27. The number of carboxylic acids is 1. The summed E-state index contributed by atoms with van der Waals surface area (Å²) in [5.41, 5.74) is 4.02. The van der Waals surface area contributed by atoms with Crippen LogP contribution < -0.4 is 4.90 Å². The Morgan fingerprint density at radius 2 is 1.71 bits per heavy atom. The highest BCUT2D eigenvalue weighted by Crippen LogP contribution is 2.23. The highest BCUT2D eigenvalue weighted by molar-refractivity contribution is 6.31. The molecule has 0 aromatic heterocycles. The molecule has 0 bridgehead atoms. The van der Waals surface area contributed by atoms with Crippen LogP contribution in [0.2, 0.25) is 5.02 Å². The van der Waals surface area contributed by atoms with Crippen molar-refractivity contribution in [3.05, 3.63) is 64.2 Å². The fourth-order valence-electron chi connectivity index (χ4n) is 2.14. The monoisotopic (exact) mass is 303 g/mol. The minimum Gasteiger partial charge on any atom is -0.480 e. The van der Waals surface area contributed by atoms with Crippen molar-refractivity contribution in [3.63, 3.8) is 0 Å². The van der Waals surface area contributed by atoms with Gasteiger partial charge in [-0.3, -0.25) is 4.79 Å². The van der Waals surface area contributed by atoms with E-state index in [2.05, 4.69) is 0 Å². The first kappa shape index (κ1) is 15.4. The fourth-order valence-corrected chi connectivity index (χ4v) is 2.44. The Kier molecular flexibility index (Phi) is 4.86. The molecule has 2 rings (SSSR count). The van der Waals surface area contributed by atoms with Crippen molar-refractivity contribution in [3.8, 4) is 0 Å². The zero-order chi connectivity index (χ0) is 15.4. The van der Waals surface area contributed by atoms with Crippen LogP contribution in [0.15, 0.2) is 42.5 Å². The van der Waals surface area contributed by atoms with E-state index in [0.717, 1.165) is 22.4 Å². The second-order valence-electron chi connectivity index (χ2n) is 5.18. The Morgan fingerprint density at radius 3 is 2.29 bits per heavy atom.